The molecule has 0 spiro atoms. The molecule has 9 nitrogen and oxygen atoms in total. The average Bonchev–Trinajstić information content (AvgIpc) is 3.43. The molecule has 12 heteroatoms. The number of pyridine rings is 1. The number of fused-ring (bicyclic) bond motifs is 1. The standard InChI is InChI=1S/C24H25F3N8O/c1-14-18(9-30-32-14)22-15(2)33(7-8-34(22)17-12-36-13-17)21-5-6-28-23(31-21)19-10-29-20-4-3-16(11-35(19)20)24(25,26)27/h3-6,9-11,15,17,22H,7-8,12-13H2,1-2H3,(H,30,32)/t15-,22+/m1/s1. The SMILES string of the molecule is Cc1[nH]ncc1[C@@H]1[C@@H](C)N(c2ccnc(-c3cnc4ccc(C(F)(F)F)cn34)n2)CCN1C1COC1. The van der Waals surface area contributed by atoms with Crippen LogP contribution in [-0.4, -0.2) is 72.8 Å². The van der Waals surface area contributed by atoms with Gasteiger partial charge in [-0.2, -0.15) is 18.3 Å². The van der Waals surface area contributed by atoms with Gasteiger partial charge in [-0.25, -0.2) is 15.0 Å². The van der Waals surface area contributed by atoms with Crippen LogP contribution in [0.2, 0.25) is 0 Å². The van der Waals surface area contributed by atoms with Gasteiger partial charge >= 0.3 is 6.18 Å². The van der Waals surface area contributed by atoms with Gasteiger partial charge in [-0.05, 0) is 32.0 Å². The van der Waals surface area contributed by atoms with Gasteiger partial charge in [-0.3, -0.25) is 14.4 Å². The fourth-order valence-electron chi connectivity index (χ4n) is 5.20. The number of hydrogen-bond acceptors (Lipinski definition) is 7. The van der Waals surface area contributed by atoms with E-state index < -0.39 is 11.7 Å². The fraction of sp³-hybridized carbons (Fsp3) is 0.417. The summed E-state index contributed by atoms with van der Waals surface area (Å²) in [7, 11) is 0. The van der Waals surface area contributed by atoms with Gasteiger partial charge < -0.3 is 9.64 Å². The van der Waals surface area contributed by atoms with Gasteiger partial charge in [-0.1, -0.05) is 0 Å². The van der Waals surface area contributed by atoms with Gasteiger partial charge in [0.1, 0.15) is 17.2 Å². The Hall–Kier alpha value is -3.51. The van der Waals surface area contributed by atoms with Crippen LogP contribution in [0.5, 0.6) is 0 Å². The summed E-state index contributed by atoms with van der Waals surface area (Å²) >= 11 is 0. The van der Waals surface area contributed by atoms with Crippen LogP contribution in [0.4, 0.5) is 19.0 Å². The number of piperazine rings is 1. The van der Waals surface area contributed by atoms with E-state index in [1.165, 1.54) is 16.7 Å². The van der Waals surface area contributed by atoms with E-state index in [9.17, 15) is 13.2 Å². The summed E-state index contributed by atoms with van der Waals surface area (Å²) in [5, 5.41) is 7.31. The van der Waals surface area contributed by atoms with Crippen LogP contribution in [0.25, 0.3) is 17.2 Å². The summed E-state index contributed by atoms with van der Waals surface area (Å²) in [6.07, 6.45) is 1.60. The Morgan fingerprint density at radius 2 is 1.92 bits per heavy atom. The van der Waals surface area contributed by atoms with Crippen LogP contribution in [-0.2, 0) is 10.9 Å². The Labute approximate surface area is 204 Å². The Morgan fingerprint density at radius 1 is 1.08 bits per heavy atom. The monoisotopic (exact) mass is 498 g/mol. The van der Waals surface area contributed by atoms with Gasteiger partial charge in [0.2, 0.25) is 0 Å². The zero-order valence-electron chi connectivity index (χ0n) is 19.8. The number of halogens is 3. The maximum absolute atomic E-state index is 13.3. The first-order chi connectivity index (χ1) is 17.3. The number of alkyl halides is 3. The molecule has 0 bridgehead atoms. The number of ether oxygens (including phenoxy) is 1. The molecule has 0 radical (unpaired) electrons. The van der Waals surface area contributed by atoms with Crippen molar-refractivity contribution < 1.29 is 17.9 Å². The van der Waals surface area contributed by atoms with E-state index in [2.05, 4.69) is 36.9 Å². The predicted molar refractivity (Wildman–Crippen MR) is 125 cm³/mol. The minimum absolute atomic E-state index is 0.0532. The highest BCUT2D eigenvalue weighted by Gasteiger charge is 2.42. The Morgan fingerprint density at radius 3 is 2.61 bits per heavy atom. The molecule has 4 aromatic heterocycles. The molecule has 2 saturated heterocycles. The average molecular weight is 499 g/mol. The van der Waals surface area contributed by atoms with Gasteiger partial charge in [0, 0.05) is 42.8 Å². The van der Waals surface area contributed by atoms with Crippen LogP contribution < -0.4 is 4.90 Å². The van der Waals surface area contributed by atoms with Crippen molar-refractivity contribution in [3.63, 3.8) is 0 Å². The molecule has 4 aromatic rings. The first-order valence-electron chi connectivity index (χ1n) is 11.8. The van der Waals surface area contributed by atoms with Crippen molar-refractivity contribution in [3.05, 3.63) is 59.8 Å². The second-order valence-corrected chi connectivity index (χ2v) is 9.28. The lowest BCUT2D eigenvalue weighted by atomic mass is 9.93. The molecule has 2 aliphatic rings. The van der Waals surface area contributed by atoms with Crippen molar-refractivity contribution in [2.24, 2.45) is 0 Å². The first kappa shape index (κ1) is 22.9. The summed E-state index contributed by atoms with van der Waals surface area (Å²) in [4.78, 5) is 18.1. The van der Waals surface area contributed by atoms with Gasteiger partial charge in [-0.15, -0.1) is 0 Å². The molecular weight excluding hydrogens is 473 g/mol. The second-order valence-electron chi connectivity index (χ2n) is 9.28. The number of aryl methyl sites for hydroxylation is 1. The molecule has 0 aromatic carbocycles. The third-order valence-electron chi connectivity index (χ3n) is 7.18. The topological polar surface area (TPSA) is 87.5 Å². The quantitative estimate of drug-likeness (QED) is 0.461. The third-order valence-corrected chi connectivity index (χ3v) is 7.18. The molecule has 6 rings (SSSR count). The summed E-state index contributed by atoms with van der Waals surface area (Å²) < 4.78 is 46.8. The molecule has 0 amide bonds. The number of hydrogen-bond donors (Lipinski definition) is 1. The summed E-state index contributed by atoms with van der Waals surface area (Å²) in [6, 6.07) is 4.70. The molecule has 0 aliphatic carbocycles. The van der Waals surface area contributed by atoms with Gasteiger partial charge in [0.05, 0.1) is 43.3 Å². The second kappa shape index (κ2) is 8.56. The van der Waals surface area contributed by atoms with E-state index in [0.717, 1.165) is 36.6 Å². The number of aromatic nitrogens is 6. The fourth-order valence-corrected chi connectivity index (χ4v) is 5.20. The third kappa shape index (κ3) is 3.80. The van der Waals surface area contributed by atoms with Crippen molar-refractivity contribution in [2.45, 2.75) is 38.1 Å². The van der Waals surface area contributed by atoms with E-state index in [1.54, 1.807) is 6.20 Å². The van der Waals surface area contributed by atoms with E-state index >= 15 is 0 Å². The normalized spacial score (nSPS) is 21.8. The zero-order chi connectivity index (χ0) is 25.0. The highest BCUT2D eigenvalue weighted by molar-refractivity contribution is 5.59. The minimum atomic E-state index is -4.46. The Balaban J connectivity index is 1.36. The number of rotatable bonds is 4. The predicted octanol–water partition coefficient (Wildman–Crippen LogP) is 3.49. The Bertz CT molecular complexity index is 1400. The van der Waals surface area contributed by atoms with E-state index in [1.807, 2.05) is 19.2 Å². The van der Waals surface area contributed by atoms with Crippen LogP contribution in [0.15, 0.2) is 43.0 Å². The zero-order valence-corrected chi connectivity index (χ0v) is 19.8. The lowest BCUT2D eigenvalue weighted by Crippen LogP contribution is -2.61. The maximum Gasteiger partial charge on any atom is 0.417 e. The number of nitrogens with zero attached hydrogens (tertiary/aromatic N) is 7. The smallest absolute Gasteiger partial charge is 0.378 e. The molecule has 36 heavy (non-hydrogen) atoms. The highest BCUT2D eigenvalue weighted by Crippen LogP contribution is 2.37. The number of imidazole rings is 1. The van der Waals surface area contributed by atoms with Crippen LogP contribution in [0.3, 0.4) is 0 Å². The van der Waals surface area contributed by atoms with Crippen molar-refractivity contribution in [2.75, 3.05) is 31.2 Å². The lowest BCUT2D eigenvalue weighted by Gasteiger charge is -2.51. The number of H-pyrrole nitrogens is 1. The van der Waals surface area contributed by atoms with E-state index in [4.69, 9.17) is 9.72 Å². The van der Waals surface area contributed by atoms with Crippen LogP contribution >= 0.6 is 0 Å². The maximum atomic E-state index is 13.3. The van der Waals surface area contributed by atoms with E-state index in [0.29, 0.717) is 42.2 Å². The molecule has 2 atom stereocenters. The van der Waals surface area contributed by atoms with Crippen molar-refractivity contribution in [1.82, 2.24) is 34.4 Å². The van der Waals surface area contributed by atoms with Crippen molar-refractivity contribution in [3.8, 4) is 11.5 Å². The van der Waals surface area contributed by atoms with E-state index in [-0.39, 0.29) is 12.1 Å². The summed E-state index contributed by atoms with van der Waals surface area (Å²) in [6.45, 7) is 7.17. The molecule has 2 aliphatic heterocycles. The Kier molecular flexibility index (Phi) is 5.45. The molecule has 0 saturated carbocycles. The first-order valence-corrected chi connectivity index (χ1v) is 11.8. The number of nitrogens with one attached hydrogen (secondary N) is 1. The van der Waals surface area contributed by atoms with Crippen molar-refractivity contribution >= 4 is 11.5 Å². The highest BCUT2D eigenvalue weighted by atomic mass is 19.4. The van der Waals surface area contributed by atoms with Crippen LogP contribution in [0.1, 0.15) is 29.8 Å². The lowest BCUT2D eigenvalue weighted by molar-refractivity contribution is -0.137. The minimum Gasteiger partial charge on any atom is -0.378 e. The number of anilines is 1. The molecule has 6 heterocycles. The summed E-state index contributed by atoms with van der Waals surface area (Å²) in [5.74, 6) is 1.03. The molecular formula is C24H25F3N8O. The molecule has 188 valence electrons. The summed E-state index contributed by atoms with van der Waals surface area (Å²) in [5.41, 5.74) is 2.20. The van der Waals surface area contributed by atoms with Gasteiger partial charge in [0.25, 0.3) is 0 Å². The molecule has 0 unspecified atom stereocenters. The van der Waals surface area contributed by atoms with Gasteiger partial charge in [0.15, 0.2) is 5.82 Å². The molecule has 1 N–H and O–H groups in total. The number of aromatic amines is 1. The van der Waals surface area contributed by atoms with Crippen LogP contribution in [0, 0.1) is 6.92 Å². The largest absolute Gasteiger partial charge is 0.417 e. The molecule has 2 fully saturated rings. The van der Waals surface area contributed by atoms with Crippen molar-refractivity contribution in [1.29, 1.82) is 0 Å².